The van der Waals surface area contributed by atoms with Crippen LogP contribution >= 0.6 is 0 Å². The highest BCUT2D eigenvalue weighted by molar-refractivity contribution is 7.88. The fraction of sp³-hybridized carbons (Fsp3) is 0.500. The van der Waals surface area contributed by atoms with Crippen LogP contribution in [0, 0.1) is 0 Å². The van der Waals surface area contributed by atoms with Crippen LogP contribution in [0.2, 0.25) is 0 Å². The molecule has 580 valence electrons. The zero-order valence-corrected chi connectivity index (χ0v) is 66.1. The molecule has 27 nitrogen and oxygen atoms in total. The van der Waals surface area contributed by atoms with Gasteiger partial charge in [0.05, 0.1) is 44.4 Å². The first-order valence-electron chi connectivity index (χ1n) is 38.3. The molecule has 8 aromatic rings. The number of hydrogen-bond acceptors (Lipinski definition) is 17. The minimum atomic E-state index is -4.01. The molecule has 109 heavy (non-hydrogen) atoms. The van der Waals surface area contributed by atoms with Gasteiger partial charge in [0.15, 0.2) is 11.4 Å². The molecule has 6 aliphatic heterocycles. The van der Waals surface area contributed by atoms with Crippen LogP contribution in [0.15, 0.2) is 72.8 Å². The van der Waals surface area contributed by atoms with E-state index >= 15 is 0 Å². The van der Waals surface area contributed by atoms with Crippen molar-refractivity contribution in [3.63, 3.8) is 0 Å². The summed E-state index contributed by atoms with van der Waals surface area (Å²) in [5.74, 6) is -0.759. The molecule has 0 radical (unpaired) electrons. The summed E-state index contributed by atoms with van der Waals surface area (Å²) in [6.45, 7) is 12.7. The zero-order chi connectivity index (χ0) is 77.2. The number of rotatable bonds is 16. The van der Waals surface area contributed by atoms with Gasteiger partial charge in [-0.05, 0) is 200 Å². The van der Waals surface area contributed by atoms with Gasteiger partial charge in [-0.25, -0.2) is 23.6 Å². The molecule has 10 heterocycles. The number of piperazine rings is 2. The summed E-state index contributed by atoms with van der Waals surface area (Å²) in [4.78, 5) is 60.7. The van der Waals surface area contributed by atoms with Crippen molar-refractivity contribution in [1.29, 1.82) is 0 Å². The summed E-state index contributed by atoms with van der Waals surface area (Å²) in [5, 5.41) is 33.2. The van der Waals surface area contributed by atoms with E-state index in [0.717, 1.165) is 165 Å². The first kappa shape index (κ1) is 76.7. The maximum Gasteiger partial charge on any atom is 0.358 e. The van der Waals surface area contributed by atoms with Gasteiger partial charge in [0, 0.05) is 146 Å². The average Bonchev–Trinajstić information content (AvgIpc) is 1.57. The highest BCUT2D eigenvalue weighted by Gasteiger charge is 2.45. The van der Waals surface area contributed by atoms with Gasteiger partial charge in [-0.2, -0.15) is 25.4 Å². The third-order valence-electron chi connectivity index (χ3n) is 23.2. The van der Waals surface area contributed by atoms with E-state index in [1.807, 2.05) is 87.0 Å². The van der Waals surface area contributed by atoms with Crippen LogP contribution in [0.4, 0.5) is 0 Å². The van der Waals surface area contributed by atoms with Gasteiger partial charge in [0.1, 0.15) is 17.2 Å². The summed E-state index contributed by atoms with van der Waals surface area (Å²) in [6, 6.07) is 24.5. The Morgan fingerprint density at radius 1 is 0.532 bits per heavy atom. The number of hydrogen-bond donors (Lipinski definition) is 4. The number of carbonyl (C=O) groups excluding carboxylic acids is 3. The monoisotopic (exact) mass is 1530 g/mol. The van der Waals surface area contributed by atoms with Crippen LogP contribution in [0.3, 0.4) is 0 Å². The van der Waals surface area contributed by atoms with Crippen LogP contribution < -0.4 is 24.2 Å². The number of carboxylic acids is 1. The molecule has 6 fully saturated rings. The molecule has 4 atom stereocenters. The number of aromatic carboxylic acids is 1. The molecule has 4 N–H and O–H groups in total. The molecule has 4 aromatic heterocycles. The normalized spacial score (nSPS) is 20.3. The van der Waals surface area contributed by atoms with Crippen LogP contribution in [0.1, 0.15) is 217 Å². The van der Waals surface area contributed by atoms with E-state index in [2.05, 4.69) is 85.5 Å². The molecule has 4 aromatic carbocycles. The number of fused-ring (bicyclic) bond motifs is 14. The third-order valence-corrected chi connectivity index (χ3v) is 26.0. The molecule has 4 unspecified atom stereocenters. The Hall–Kier alpha value is -9.10. The zero-order valence-electron chi connectivity index (χ0n) is 64.5. The lowest BCUT2D eigenvalue weighted by atomic mass is 9.81. The van der Waals surface area contributed by atoms with E-state index in [9.17, 15) is 41.1 Å². The fourth-order valence-electron chi connectivity index (χ4n) is 18.0. The maximum atomic E-state index is 14.7. The van der Waals surface area contributed by atoms with Gasteiger partial charge in [-0.1, -0.05) is 61.1 Å². The van der Waals surface area contributed by atoms with Crippen LogP contribution in [0.5, 0.6) is 11.5 Å². The van der Waals surface area contributed by atoms with Crippen molar-refractivity contribution in [2.45, 2.75) is 179 Å². The van der Waals surface area contributed by atoms with E-state index in [0.29, 0.717) is 40.9 Å². The molecule has 3 amide bonds. The van der Waals surface area contributed by atoms with Gasteiger partial charge < -0.3 is 43.7 Å². The molecule has 2 aliphatic carbocycles. The Bertz CT molecular complexity index is 5140. The number of carboxylic acid groups (broad SMARTS) is 1. The fourth-order valence-corrected chi connectivity index (χ4v) is 19.0. The van der Waals surface area contributed by atoms with Gasteiger partial charge in [-0.3, -0.25) is 14.4 Å². The summed E-state index contributed by atoms with van der Waals surface area (Å²) < 4.78 is 75.9. The minimum absolute atomic E-state index is 0.0835. The maximum absolute atomic E-state index is 14.7. The van der Waals surface area contributed by atoms with Gasteiger partial charge in [0.2, 0.25) is 0 Å². The summed E-state index contributed by atoms with van der Waals surface area (Å²) in [5.41, 5.74) is 13.1. The number of carbonyl (C=O) groups is 4. The number of benzene rings is 4. The number of likely N-dealkylation sites (tertiary alicyclic amines) is 2. The predicted octanol–water partition coefficient (Wildman–Crippen LogP) is 10.9. The minimum Gasteiger partial charge on any atom is -0.497 e. The Morgan fingerprint density at radius 3 is 1.35 bits per heavy atom. The van der Waals surface area contributed by atoms with Crippen LogP contribution in [0.25, 0.3) is 67.6 Å². The second-order valence-electron chi connectivity index (χ2n) is 31.6. The lowest BCUT2D eigenvalue weighted by Crippen LogP contribution is -2.54. The largest absolute Gasteiger partial charge is 0.497 e. The second-order valence-corrected chi connectivity index (χ2v) is 35.4. The number of ether oxygens (including phenoxy) is 2. The summed E-state index contributed by atoms with van der Waals surface area (Å²) >= 11 is 0. The number of nitrogens with one attached hydrogen (secondary N) is 3. The Kier molecular flexibility index (Phi) is 21.8. The molecule has 0 spiro atoms. The average molecular weight is 1530 g/mol. The number of methoxy groups -OCH3 is 2. The molecule has 4 saturated heterocycles. The van der Waals surface area contributed by atoms with Crippen molar-refractivity contribution in [3.8, 4) is 34.0 Å². The van der Waals surface area contributed by atoms with Gasteiger partial charge >= 0.3 is 26.4 Å². The number of likely N-dealkylation sites (N-methyl/N-ethyl adjacent to an activating group) is 2. The summed E-state index contributed by atoms with van der Waals surface area (Å²) in [6.07, 6.45) is 19.9. The third kappa shape index (κ3) is 15.0. The second kappa shape index (κ2) is 31.0. The van der Waals surface area contributed by atoms with E-state index in [1.165, 1.54) is 78.1 Å². The smallest absolute Gasteiger partial charge is 0.358 e. The molecule has 8 aliphatic rings. The number of amides is 3. The molecule has 2 saturated carbocycles. The van der Waals surface area contributed by atoms with Crippen LogP contribution in [-0.2, 0) is 33.5 Å². The van der Waals surface area contributed by atoms with Gasteiger partial charge in [0.25, 0.3) is 17.7 Å². The van der Waals surface area contributed by atoms with E-state index in [-0.39, 0.29) is 59.4 Å². The van der Waals surface area contributed by atoms with Crippen molar-refractivity contribution in [2.24, 2.45) is 0 Å². The van der Waals surface area contributed by atoms with Crippen molar-refractivity contribution in [2.75, 3.05) is 82.7 Å². The van der Waals surface area contributed by atoms with E-state index in [1.54, 1.807) is 37.1 Å². The SMILES string of the molecule is CN1CC2CCC(C1)N2.COc1ccc2c(c1)C=C(c1c(C(=O)N3C4CCC3CN(C)C4)nnn1C(C)C)Cn1c-2c(C2CCCCC2)c2ccc(C(=O)NS(=O)(=O)N(C)C)cc21.COc1ccc2c(c1)C=C(c1c(C(=O)O)nnn1C(C)C)Cn1c-2c(C2CCCCC2)c2ccc(C(=O)NS(=O)(=O)N(C)C)cc21. The van der Waals surface area contributed by atoms with Crippen molar-refractivity contribution in [3.05, 3.63) is 129 Å². The van der Waals surface area contributed by atoms with Crippen molar-refractivity contribution in [1.82, 2.24) is 77.2 Å². The highest BCUT2D eigenvalue weighted by atomic mass is 32.2. The summed E-state index contributed by atoms with van der Waals surface area (Å²) in [7, 11) is 5.05. The van der Waals surface area contributed by atoms with Crippen LogP contribution in [-0.4, -0.2) is 215 Å². The first-order chi connectivity index (χ1) is 52.1. The quantitative estimate of drug-likeness (QED) is 0.0699. The van der Waals surface area contributed by atoms with Gasteiger partial charge in [-0.15, -0.1) is 10.2 Å². The Morgan fingerprint density at radius 2 is 0.945 bits per heavy atom. The first-order valence-corrected chi connectivity index (χ1v) is 41.2. The van der Waals surface area contributed by atoms with Crippen molar-refractivity contribution < 1.29 is 50.6 Å². The number of allylic oxidation sites excluding steroid dienone is 2. The Labute approximate surface area is 638 Å². The highest BCUT2D eigenvalue weighted by Crippen LogP contribution is 2.51. The number of aromatic nitrogens is 8. The Balaban J connectivity index is 0.000000164. The van der Waals surface area contributed by atoms with E-state index in [4.69, 9.17) is 9.47 Å². The van der Waals surface area contributed by atoms with E-state index < -0.39 is 38.2 Å². The lowest BCUT2D eigenvalue weighted by Gasteiger charge is -2.39. The van der Waals surface area contributed by atoms with Crippen molar-refractivity contribution >= 4 is 89.2 Å². The lowest BCUT2D eigenvalue weighted by molar-refractivity contribution is 0.0466. The molecule has 29 heteroatoms. The topological polar surface area (TPSA) is 299 Å². The molecular formula is C80H102N16O11S2. The number of nitrogens with zero attached hydrogens (tertiary/aromatic N) is 13. The molecule has 4 bridgehead atoms. The standard InChI is InChI=1S/C40H50N8O5S.C33H38N6O6S.C7H14N2/c1-24(2)48-37(36(41-43-48)40(50)47-29-13-14-30(47)23-45(5)22-29)28-18-27-19-31(53-6)15-17-32(27)38-35(25-10-8-7-9-11-25)33-16-12-26(20-34(33)46(38)21-28)39(49)42-54(51,52)44(3)4;1-19(2)39-30(29(33(41)42)34-36-39)23-15-22-16-24(45-5)12-14-25(22)31-28(20-9-7-6-8-10-20)26-13-11-21(17-27(26)38(31)18-23)32(40)35-46(43,44)37(3)4;1-9-4-6-2-3-7(5-9)8-6/h12,15-20,24-25,29-30H,7-11,13-14,21-23H2,1-6H3,(H,42,49);11-17,19-20H,6-10,18H2,1-5H3,(H,35,40)(H,41,42);6-8H,2-5H2,1H3. The predicted molar refractivity (Wildman–Crippen MR) is 421 cm³/mol. The molecular weight excluding hydrogens is 1430 g/mol. The molecule has 16 rings (SSSR count).